The lowest BCUT2D eigenvalue weighted by molar-refractivity contribution is 0.0191. The molecule has 0 spiro atoms. The average Bonchev–Trinajstić information content (AvgIpc) is 2.45. The van der Waals surface area contributed by atoms with Gasteiger partial charge in [-0.3, -0.25) is 0 Å². The molecule has 0 saturated carbocycles. The van der Waals surface area contributed by atoms with Gasteiger partial charge in [0.15, 0.2) is 0 Å². The van der Waals surface area contributed by atoms with Crippen molar-refractivity contribution >= 4 is 17.9 Å². The number of likely N-dealkylation sites (tertiary alicyclic amines) is 1. The normalized spacial score (nSPS) is 16.6. The predicted molar refractivity (Wildman–Crippen MR) is 87.2 cm³/mol. The molecule has 0 unspecified atom stereocenters. The van der Waals surface area contributed by atoms with Crippen LogP contribution >= 0.6 is 11.8 Å². The van der Waals surface area contributed by atoms with Gasteiger partial charge in [0.1, 0.15) is 5.60 Å². The third-order valence-corrected chi connectivity index (χ3v) is 4.69. The van der Waals surface area contributed by atoms with Crippen molar-refractivity contribution in [2.45, 2.75) is 44.1 Å². The molecule has 0 aromatic carbocycles. The van der Waals surface area contributed by atoms with Crippen LogP contribution in [-0.4, -0.2) is 45.5 Å². The van der Waals surface area contributed by atoms with Crippen molar-refractivity contribution in [3.05, 3.63) is 18.3 Å². The Kier molecular flexibility index (Phi) is 5.56. The molecule has 1 aromatic heterocycles. The fourth-order valence-electron chi connectivity index (χ4n) is 2.28. The van der Waals surface area contributed by atoms with E-state index >= 15 is 0 Å². The van der Waals surface area contributed by atoms with Gasteiger partial charge in [0.25, 0.3) is 0 Å². The number of hydrogen-bond acceptors (Lipinski definition) is 5. The number of thioether (sulfide) groups is 1. The van der Waals surface area contributed by atoms with Crippen LogP contribution in [0, 0.1) is 5.92 Å². The van der Waals surface area contributed by atoms with Gasteiger partial charge in [-0.05, 0) is 45.6 Å². The third kappa shape index (κ3) is 5.40. The van der Waals surface area contributed by atoms with E-state index in [1.54, 1.807) is 28.9 Å². The van der Waals surface area contributed by atoms with Crippen LogP contribution in [0.15, 0.2) is 23.2 Å². The van der Waals surface area contributed by atoms with Crippen molar-refractivity contribution in [2.75, 3.05) is 18.8 Å². The van der Waals surface area contributed by atoms with E-state index in [9.17, 15) is 4.79 Å². The van der Waals surface area contributed by atoms with E-state index in [0.29, 0.717) is 5.92 Å². The number of rotatable bonds is 3. The highest BCUT2D eigenvalue weighted by molar-refractivity contribution is 7.99. The lowest BCUT2D eigenvalue weighted by atomic mass is 9.99. The van der Waals surface area contributed by atoms with Crippen LogP contribution in [0.4, 0.5) is 4.79 Å². The molecule has 5 nitrogen and oxygen atoms in total. The Labute approximate surface area is 136 Å². The Morgan fingerprint density at radius 2 is 2.09 bits per heavy atom. The Morgan fingerprint density at radius 1 is 1.41 bits per heavy atom. The van der Waals surface area contributed by atoms with Crippen molar-refractivity contribution in [1.29, 1.82) is 0 Å². The van der Waals surface area contributed by atoms with Gasteiger partial charge in [-0.25, -0.2) is 9.78 Å². The second kappa shape index (κ2) is 7.22. The van der Waals surface area contributed by atoms with Gasteiger partial charge < -0.3 is 14.7 Å². The first-order valence-electron chi connectivity index (χ1n) is 7.59. The highest BCUT2D eigenvalue weighted by atomic mass is 32.2. The molecule has 1 aliphatic rings. The van der Waals surface area contributed by atoms with Crippen molar-refractivity contribution in [1.82, 2.24) is 9.88 Å². The van der Waals surface area contributed by atoms with E-state index in [2.05, 4.69) is 4.98 Å². The number of piperidine rings is 1. The molecule has 6 heteroatoms. The first kappa shape index (κ1) is 16.9. The number of carbonyl (C=O) groups is 1. The number of hydrogen-bond donors (Lipinski definition) is 1. The molecule has 0 bridgehead atoms. The quantitative estimate of drug-likeness (QED) is 0.862. The minimum Gasteiger partial charge on any atom is -0.493 e. The lowest BCUT2D eigenvalue weighted by Gasteiger charge is -2.33. The summed E-state index contributed by atoms with van der Waals surface area (Å²) in [6.07, 6.45) is 3.48. The smallest absolute Gasteiger partial charge is 0.410 e. The SMILES string of the molecule is CC(C)(C)OC(=O)N1CCC(CSc2ccc(O)nc2)CC1. The van der Waals surface area contributed by atoms with E-state index in [4.69, 9.17) is 9.84 Å². The number of aromatic hydroxyl groups is 1. The number of amides is 1. The van der Waals surface area contributed by atoms with E-state index in [0.717, 1.165) is 36.6 Å². The number of nitrogens with zero attached hydrogens (tertiary/aromatic N) is 2. The number of pyridine rings is 1. The first-order chi connectivity index (χ1) is 10.3. The second-order valence-corrected chi connectivity index (χ2v) is 7.67. The van der Waals surface area contributed by atoms with E-state index in [1.165, 1.54) is 0 Å². The third-order valence-electron chi connectivity index (χ3n) is 3.47. The maximum atomic E-state index is 12.0. The topological polar surface area (TPSA) is 62.7 Å². The molecule has 1 fully saturated rings. The highest BCUT2D eigenvalue weighted by Crippen LogP contribution is 2.27. The molecule has 2 heterocycles. The van der Waals surface area contributed by atoms with Crippen LogP contribution in [0.3, 0.4) is 0 Å². The van der Waals surface area contributed by atoms with Crippen molar-refractivity contribution in [3.63, 3.8) is 0 Å². The summed E-state index contributed by atoms with van der Waals surface area (Å²) in [7, 11) is 0. The fourth-order valence-corrected chi connectivity index (χ4v) is 3.33. The van der Waals surface area contributed by atoms with Gasteiger partial charge >= 0.3 is 6.09 Å². The lowest BCUT2D eigenvalue weighted by Crippen LogP contribution is -2.42. The summed E-state index contributed by atoms with van der Waals surface area (Å²) in [6.45, 7) is 7.18. The van der Waals surface area contributed by atoms with Crippen LogP contribution in [0.25, 0.3) is 0 Å². The molecular formula is C16H24N2O3S. The van der Waals surface area contributed by atoms with Gasteiger partial charge in [0.05, 0.1) is 0 Å². The Bertz CT molecular complexity index is 491. The van der Waals surface area contributed by atoms with Crippen molar-refractivity contribution in [3.8, 4) is 5.88 Å². The molecule has 1 N–H and O–H groups in total. The van der Waals surface area contributed by atoms with Crippen LogP contribution in [0.2, 0.25) is 0 Å². The van der Waals surface area contributed by atoms with E-state index in [1.807, 2.05) is 26.8 Å². The Morgan fingerprint density at radius 3 is 2.64 bits per heavy atom. The molecule has 1 saturated heterocycles. The highest BCUT2D eigenvalue weighted by Gasteiger charge is 2.26. The minimum absolute atomic E-state index is 0.0509. The van der Waals surface area contributed by atoms with Crippen LogP contribution in [0.1, 0.15) is 33.6 Å². The zero-order chi connectivity index (χ0) is 16.2. The molecule has 0 aliphatic carbocycles. The molecule has 1 amide bonds. The zero-order valence-corrected chi connectivity index (χ0v) is 14.2. The van der Waals surface area contributed by atoms with Crippen LogP contribution in [0.5, 0.6) is 5.88 Å². The fraction of sp³-hybridized carbons (Fsp3) is 0.625. The van der Waals surface area contributed by atoms with Crippen LogP contribution < -0.4 is 0 Å². The molecule has 0 atom stereocenters. The standard InChI is InChI=1S/C16H24N2O3S/c1-16(2,3)21-15(20)18-8-6-12(7-9-18)11-22-13-4-5-14(19)17-10-13/h4-5,10,12H,6-9,11H2,1-3H3,(H,17,19). The Balaban J connectivity index is 1.73. The first-order valence-corrected chi connectivity index (χ1v) is 8.58. The van der Waals surface area contributed by atoms with Gasteiger partial charge in [-0.1, -0.05) is 0 Å². The van der Waals surface area contributed by atoms with Crippen LogP contribution in [-0.2, 0) is 4.74 Å². The summed E-state index contributed by atoms with van der Waals surface area (Å²) in [6, 6.07) is 3.48. The maximum absolute atomic E-state index is 12.0. The average molecular weight is 324 g/mol. The Hall–Kier alpha value is -1.43. The number of aromatic nitrogens is 1. The summed E-state index contributed by atoms with van der Waals surface area (Å²) < 4.78 is 5.40. The monoisotopic (exact) mass is 324 g/mol. The van der Waals surface area contributed by atoms with E-state index in [-0.39, 0.29) is 12.0 Å². The molecule has 1 aliphatic heterocycles. The van der Waals surface area contributed by atoms with Gasteiger partial charge in [-0.2, -0.15) is 0 Å². The number of ether oxygens (including phenoxy) is 1. The van der Waals surface area contributed by atoms with E-state index < -0.39 is 5.60 Å². The summed E-state index contributed by atoms with van der Waals surface area (Å²) in [5, 5.41) is 9.17. The molecular weight excluding hydrogens is 300 g/mol. The van der Waals surface area contributed by atoms with Gasteiger partial charge in [0, 0.05) is 36.0 Å². The largest absolute Gasteiger partial charge is 0.493 e. The molecule has 122 valence electrons. The molecule has 1 aromatic rings. The minimum atomic E-state index is -0.435. The van der Waals surface area contributed by atoms with Crippen molar-refractivity contribution in [2.24, 2.45) is 5.92 Å². The summed E-state index contributed by atoms with van der Waals surface area (Å²) >= 11 is 1.75. The van der Waals surface area contributed by atoms with Gasteiger partial charge in [0.2, 0.25) is 5.88 Å². The molecule has 2 rings (SSSR count). The maximum Gasteiger partial charge on any atom is 0.410 e. The summed E-state index contributed by atoms with van der Waals surface area (Å²) in [5.74, 6) is 1.65. The molecule has 22 heavy (non-hydrogen) atoms. The van der Waals surface area contributed by atoms with Gasteiger partial charge in [-0.15, -0.1) is 11.8 Å². The molecule has 0 radical (unpaired) electrons. The summed E-state index contributed by atoms with van der Waals surface area (Å²) in [5.41, 5.74) is -0.435. The summed E-state index contributed by atoms with van der Waals surface area (Å²) in [4.78, 5) is 18.7. The number of carbonyl (C=O) groups excluding carboxylic acids is 1. The second-order valence-electron chi connectivity index (χ2n) is 6.57. The zero-order valence-electron chi connectivity index (χ0n) is 13.4. The van der Waals surface area contributed by atoms with Crippen molar-refractivity contribution < 1.29 is 14.6 Å². The predicted octanol–water partition coefficient (Wildman–Crippen LogP) is 3.53.